The minimum absolute atomic E-state index is 0. The van der Waals surface area contributed by atoms with Gasteiger partial charge in [-0.3, -0.25) is 0 Å². The number of H-pyrrole nitrogens is 3. The van der Waals surface area contributed by atoms with Crippen LogP contribution in [0.5, 0.6) is 0 Å². The highest BCUT2D eigenvalue weighted by molar-refractivity contribution is 5.93. The number of rotatable bonds is 4. The van der Waals surface area contributed by atoms with Crippen LogP contribution >= 0.6 is 0 Å². The molecule has 2 aromatic heterocycles. The quantitative estimate of drug-likeness (QED) is 0.154. The Labute approximate surface area is 221 Å². The standard InChI is InChI=1S/2C13H10N4.NO3.H2O/c2*1-2-6-11-10(4-1)5-3-7-12(11)16-17-13-14-8-9-15-13;2-1(3)4;/h2*1-9H,(H,14,15);;1H2/q;;-1;/p+1. The van der Waals surface area contributed by atoms with E-state index in [-0.39, 0.29) is 5.48 Å². The van der Waals surface area contributed by atoms with E-state index in [1.165, 1.54) is 5.39 Å². The van der Waals surface area contributed by atoms with Gasteiger partial charge in [-0.15, -0.1) is 10.2 Å². The zero-order chi connectivity index (χ0) is 26.6. The zero-order valence-corrected chi connectivity index (χ0v) is 20.3. The van der Waals surface area contributed by atoms with Gasteiger partial charge < -0.3 is 25.8 Å². The summed E-state index contributed by atoms with van der Waals surface area (Å²) in [5.74, 6) is 1.15. The predicted octanol–water partition coefficient (Wildman–Crippen LogP) is 6.31. The number of imidazole rings is 2. The smallest absolute Gasteiger partial charge is 0.412 e. The maximum atomic E-state index is 8.25. The number of azo groups is 2. The van der Waals surface area contributed by atoms with Crippen molar-refractivity contribution < 1.29 is 15.5 Å². The third-order valence-corrected chi connectivity index (χ3v) is 5.05. The highest BCUT2D eigenvalue weighted by Gasteiger charge is 2.02. The molecular weight excluding hydrogens is 502 g/mol. The van der Waals surface area contributed by atoms with Crippen LogP contribution in [0.25, 0.3) is 21.5 Å². The van der Waals surface area contributed by atoms with E-state index in [9.17, 15) is 0 Å². The fraction of sp³-hybridized carbons (Fsp3) is 0. The summed E-state index contributed by atoms with van der Waals surface area (Å²) in [5, 5.41) is 35.9. The summed E-state index contributed by atoms with van der Waals surface area (Å²) in [4.78, 5) is 21.0. The molecule has 0 saturated heterocycles. The van der Waals surface area contributed by atoms with Gasteiger partial charge >= 0.3 is 5.95 Å². The van der Waals surface area contributed by atoms with Crippen molar-refractivity contribution in [3.8, 4) is 0 Å². The Morgan fingerprint density at radius 2 is 1.23 bits per heavy atom. The van der Waals surface area contributed by atoms with Gasteiger partial charge in [-0.05, 0) is 22.9 Å². The first-order valence-electron chi connectivity index (χ1n) is 11.2. The molecule has 0 saturated carbocycles. The van der Waals surface area contributed by atoms with Gasteiger partial charge in [-0.25, -0.2) is 15.0 Å². The van der Waals surface area contributed by atoms with Gasteiger partial charge in [0.1, 0.15) is 5.69 Å². The topological polar surface area (TPSA) is 206 Å². The lowest BCUT2D eigenvalue weighted by atomic mass is 10.1. The minimum Gasteiger partial charge on any atom is -0.412 e. The summed E-state index contributed by atoms with van der Waals surface area (Å²) >= 11 is 0. The van der Waals surface area contributed by atoms with Crippen LogP contribution in [0.3, 0.4) is 0 Å². The molecule has 6 aromatic rings. The fourth-order valence-corrected chi connectivity index (χ4v) is 3.45. The maximum absolute atomic E-state index is 8.25. The van der Waals surface area contributed by atoms with Crippen LogP contribution in [0.1, 0.15) is 0 Å². The van der Waals surface area contributed by atoms with Crippen LogP contribution in [0.15, 0.2) is 130 Å². The number of fused-ring (bicyclic) bond motifs is 2. The normalized spacial score (nSPS) is 10.5. The molecule has 0 amide bonds. The SMILES string of the molecule is O.O=[N+]([O-])[O-].c1ccc2c(N=Nc3[nH]cc[nH+]3)cccc2c1.c1ccc2c(N=Nc3ncc[nH]3)cccc2c1. The largest absolute Gasteiger partial charge is 0.416 e. The van der Waals surface area contributed by atoms with Gasteiger partial charge in [0.15, 0.2) is 0 Å². The molecular formula is C26H23N9O4. The summed E-state index contributed by atoms with van der Waals surface area (Å²) in [5.41, 5.74) is 1.71. The van der Waals surface area contributed by atoms with Crippen LogP contribution in [-0.4, -0.2) is 25.5 Å². The molecule has 2 heterocycles. The molecule has 4 aromatic carbocycles. The van der Waals surface area contributed by atoms with E-state index < -0.39 is 5.09 Å². The van der Waals surface area contributed by atoms with Gasteiger partial charge in [0.2, 0.25) is 5.95 Å². The monoisotopic (exact) mass is 525 g/mol. The molecule has 0 spiro atoms. The Morgan fingerprint density at radius 1 is 0.692 bits per heavy atom. The Balaban J connectivity index is 0.000000186. The van der Waals surface area contributed by atoms with Crippen LogP contribution in [-0.2, 0) is 0 Å². The summed E-state index contributed by atoms with van der Waals surface area (Å²) < 4.78 is 0. The first-order chi connectivity index (χ1) is 18.6. The first-order valence-corrected chi connectivity index (χ1v) is 11.2. The van der Waals surface area contributed by atoms with Crippen molar-refractivity contribution in [2.75, 3.05) is 0 Å². The molecule has 0 radical (unpaired) electrons. The lowest BCUT2D eigenvalue weighted by Gasteiger charge is -1.99. The molecule has 0 aliphatic heterocycles. The second-order valence-corrected chi connectivity index (χ2v) is 7.50. The molecule has 13 heteroatoms. The molecule has 0 bridgehead atoms. The summed E-state index contributed by atoms with van der Waals surface area (Å²) in [6.45, 7) is 0. The lowest BCUT2D eigenvalue weighted by molar-refractivity contribution is -0.402. The van der Waals surface area contributed by atoms with E-state index in [1.54, 1.807) is 24.8 Å². The maximum Gasteiger partial charge on any atom is 0.416 e. The van der Waals surface area contributed by atoms with Crippen molar-refractivity contribution in [3.05, 3.63) is 125 Å². The molecule has 0 unspecified atom stereocenters. The molecule has 0 aliphatic rings. The summed E-state index contributed by atoms with van der Waals surface area (Å²) in [7, 11) is 0. The van der Waals surface area contributed by atoms with Crippen molar-refractivity contribution in [1.82, 2.24) is 15.0 Å². The first kappa shape index (κ1) is 27.8. The molecule has 6 rings (SSSR count). The molecule has 0 fully saturated rings. The van der Waals surface area contributed by atoms with Gasteiger partial charge in [0.25, 0.3) is 0 Å². The van der Waals surface area contributed by atoms with Gasteiger partial charge in [0.05, 0.1) is 23.2 Å². The lowest BCUT2D eigenvalue weighted by Crippen LogP contribution is -1.92. The number of hydrogen-bond donors (Lipinski definition) is 2. The molecule has 39 heavy (non-hydrogen) atoms. The van der Waals surface area contributed by atoms with E-state index in [0.29, 0.717) is 11.9 Å². The van der Waals surface area contributed by atoms with Crippen molar-refractivity contribution in [2.45, 2.75) is 0 Å². The molecule has 196 valence electrons. The van der Waals surface area contributed by atoms with Crippen molar-refractivity contribution in [2.24, 2.45) is 20.5 Å². The van der Waals surface area contributed by atoms with Crippen LogP contribution in [0, 0.1) is 15.3 Å². The second kappa shape index (κ2) is 14.1. The third-order valence-electron chi connectivity index (χ3n) is 5.05. The highest BCUT2D eigenvalue weighted by Crippen LogP contribution is 2.27. The van der Waals surface area contributed by atoms with Crippen LogP contribution < -0.4 is 4.98 Å². The van der Waals surface area contributed by atoms with Gasteiger partial charge in [-0.2, -0.15) is 0 Å². The Morgan fingerprint density at radius 3 is 1.74 bits per heavy atom. The zero-order valence-electron chi connectivity index (χ0n) is 20.3. The second-order valence-electron chi connectivity index (χ2n) is 7.50. The van der Waals surface area contributed by atoms with Crippen molar-refractivity contribution in [1.29, 1.82) is 0 Å². The van der Waals surface area contributed by atoms with Crippen LogP contribution in [0.2, 0.25) is 0 Å². The predicted molar refractivity (Wildman–Crippen MR) is 146 cm³/mol. The highest BCUT2D eigenvalue weighted by atomic mass is 16.9. The number of nitrogens with one attached hydrogen (secondary N) is 3. The van der Waals surface area contributed by atoms with Crippen molar-refractivity contribution in [3.63, 3.8) is 0 Å². The minimum atomic E-state index is -1.75. The molecule has 5 N–H and O–H groups in total. The third kappa shape index (κ3) is 8.09. The summed E-state index contributed by atoms with van der Waals surface area (Å²) in [6.07, 6.45) is 6.92. The molecule has 13 nitrogen and oxygen atoms in total. The van der Waals surface area contributed by atoms with E-state index in [4.69, 9.17) is 15.3 Å². The van der Waals surface area contributed by atoms with Crippen molar-refractivity contribution >= 4 is 44.8 Å². The number of nitrogens with zero attached hydrogens (tertiary/aromatic N) is 6. The summed E-state index contributed by atoms with van der Waals surface area (Å²) in [6, 6.07) is 28.2. The van der Waals surface area contributed by atoms with Gasteiger partial charge in [0, 0.05) is 28.3 Å². The Bertz CT molecular complexity index is 1530. The fourth-order valence-electron chi connectivity index (χ4n) is 3.45. The molecule has 0 atom stereocenters. The van der Waals surface area contributed by atoms with E-state index >= 15 is 0 Å². The number of aromatic nitrogens is 4. The van der Waals surface area contributed by atoms with E-state index in [0.717, 1.165) is 27.5 Å². The number of hydrogen-bond acceptors (Lipinski definition) is 8. The Hall–Kier alpha value is -5.82. The Kier molecular flexibility index (Phi) is 10.0. The average molecular weight is 526 g/mol. The number of aromatic amines is 3. The van der Waals surface area contributed by atoms with Crippen LogP contribution in [0.4, 0.5) is 23.3 Å². The number of benzene rings is 4. The molecule has 0 aliphatic carbocycles. The average Bonchev–Trinajstić information content (AvgIpc) is 3.66. The van der Waals surface area contributed by atoms with E-state index in [2.05, 4.69) is 64.7 Å². The van der Waals surface area contributed by atoms with Gasteiger partial charge in [-0.1, -0.05) is 77.9 Å². The van der Waals surface area contributed by atoms with E-state index in [1.807, 2.05) is 60.7 Å².